The summed E-state index contributed by atoms with van der Waals surface area (Å²) in [6.07, 6.45) is 1.06. The van der Waals surface area contributed by atoms with Crippen LogP contribution >= 0.6 is 11.6 Å². The highest BCUT2D eigenvalue weighted by atomic mass is 35.5. The van der Waals surface area contributed by atoms with E-state index in [-0.39, 0.29) is 18.9 Å². The van der Waals surface area contributed by atoms with Crippen LogP contribution in [0.5, 0.6) is 5.75 Å². The summed E-state index contributed by atoms with van der Waals surface area (Å²) < 4.78 is 5.50. The van der Waals surface area contributed by atoms with Gasteiger partial charge < -0.3 is 14.9 Å². The Morgan fingerprint density at radius 1 is 1.17 bits per heavy atom. The molecule has 162 valence electrons. The topological polar surface area (TPSA) is 100.0 Å². The summed E-state index contributed by atoms with van der Waals surface area (Å²) in [6, 6.07) is 8.07. The van der Waals surface area contributed by atoms with E-state index in [4.69, 9.17) is 16.3 Å². The zero-order valence-corrected chi connectivity index (χ0v) is 18.1. The van der Waals surface area contributed by atoms with Crippen LogP contribution in [0.25, 0.3) is 11.3 Å². The number of benzene rings is 1. The van der Waals surface area contributed by atoms with Gasteiger partial charge in [-0.25, -0.2) is 9.59 Å². The molecule has 1 aromatic carbocycles. The molecule has 1 unspecified atom stereocenters. The second kappa shape index (κ2) is 10.8. The minimum absolute atomic E-state index is 0.0666. The quantitative estimate of drug-likeness (QED) is 0.555. The number of carboxylic acid groups (broad SMARTS) is 2. The Bertz CT molecular complexity index is 870. The molecule has 1 amide bonds. The summed E-state index contributed by atoms with van der Waals surface area (Å²) in [5.74, 6) is -0.497. The third-order valence-electron chi connectivity index (χ3n) is 4.62. The lowest BCUT2D eigenvalue weighted by Gasteiger charge is -2.27. The average molecular weight is 435 g/mol. The van der Waals surface area contributed by atoms with Crippen molar-refractivity contribution in [3.05, 3.63) is 47.1 Å². The van der Waals surface area contributed by atoms with Gasteiger partial charge in [0.25, 0.3) is 0 Å². The van der Waals surface area contributed by atoms with Crippen molar-refractivity contribution in [1.82, 2.24) is 9.88 Å². The van der Waals surface area contributed by atoms with Crippen molar-refractivity contribution in [3.63, 3.8) is 0 Å². The molecule has 0 aliphatic rings. The van der Waals surface area contributed by atoms with Crippen LogP contribution in [0, 0.1) is 5.92 Å². The van der Waals surface area contributed by atoms with Gasteiger partial charge in [0.1, 0.15) is 16.8 Å². The normalized spacial score (nSPS) is 11.9. The number of hydrogen-bond donors (Lipinski definition) is 2. The fourth-order valence-electron chi connectivity index (χ4n) is 3.17. The first-order valence-corrected chi connectivity index (χ1v) is 10.2. The fraction of sp³-hybridized carbons (Fsp3) is 0.409. The molecule has 30 heavy (non-hydrogen) atoms. The van der Waals surface area contributed by atoms with Gasteiger partial charge in [0, 0.05) is 24.4 Å². The van der Waals surface area contributed by atoms with Crippen LogP contribution < -0.4 is 4.74 Å². The van der Waals surface area contributed by atoms with E-state index < -0.39 is 18.1 Å². The van der Waals surface area contributed by atoms with Crippen LogP contribution in [-0.4, -0.2) is 51.4 Å². The smallest absolute Gasteiger partial charge is 0.408 e. The second-order valence-electron chi connectivity index (χ2n) is 7.31. The lowest BCUT2D eigenvalue weighted by molar-refractivity contribution is -0.143. The molecule has 2 aromatic rings. The highest BCUT2D eigenvalue weighted by Gasteiger charge is 2.29. The third-order valence-corrected chi connectivity index (χ3v) is 4.99. The second-order valence-corrected chi connectivity index (χ2v) is 7.69. The van der Waals surface area contributed by atoms with Crippen molar-refractivity contribution in [3.8, 4) is 17.0 Å². The van der Waals surface area contributed by atoms with E-state index >= 15 is 0 Å². The van der Waals surface area contributed by atoms with Gasteiger partial charge in [0.2, 0.25) is 0 Å². The largest absolute Gasteiger partial charge is 0.492 e. The van der Waals surface area contributed by atoms with Crippen molar-refractivity contribution in [2.45, 2.75) is 39.7 Å². The van der Waals surface area contributed by atoms with Gasteiger partial charge in [0.15, 0.2) is 0 Å². The zero-order chi connectivity index (χ0) is 22.3. The van der Waals surface area contributed by atoms with Crippen molar-refractivity contribution in [2.75, 3.05) is 13.2 Å². The van der Waals surface area contributed by atoms with E-state index in [1.807, 2.05) is 45.0 Å². The summed E-state index contributed by atoms with van der Waals surface area (Å²) >= 11 is 6.39. The maximum Gasteiger partial charge on any atom is 0.408 e. The summed E-state index contributed by atoms with van der Waals surface area (Å²) in [5.41, 5.74) is 2.29. The SMILES string of the molecule is CCOc1ccnc(-c2ccc(CCN(C(=O)O)C(CC(C)C)C(=O)O)cc2)c1Cl. The molecule has 7 nitrogen and oxygen atoms in total. The van der Waals surface area contributed by atoms with Gasteiger partial charge in [-0.3, -0.25) is 9.88 Å². The number of aliphatic carboxylic acids is 1. The summed E-state index contributed by atoms with van der Waals surface area (Å²) in [6.45, 7) is 6.21. The Labute approximate surface area is 181 Å². The first-order valence-electron chi connectivity index (χ1n) is 9.83. The molecule has 0 bridgehead atoms. The molecular formula is C22H27ClN2O5. The Morgan fingerprint density at radius 3 is 2.37 bits per heavy atom. The minimum atomic E-state index is -1.23. The monoisotopic (exact) mass is 434 g/mol. The van der Waals surface area contributed by atoms with Crippen LogP contribution in [-0.2, 0) is 11.2 Å². The fourth-order valence-corrected chi connectivity index (χ4v) is 3.44. The third kappa shape index (κ3) is 6.10. The van der Waals surface area contributed by atoms with Crippen molar-refractivity contribution < 1.29 is 24.5 Å². The molecule has 0 aliphatic heterocycles. The van der Waals surface area contributed by atoms with Crippen LogP contribution in [0.1, 0.15) is 32.8 Å². The Morgan fingerprint density at radius 2 is 1.83 bits per heavy atom. The minimum Gasteiger partial charge on any atom is -0.492 e. The van der Waals surface area contributed by atoms with Gasteiger partial charge in [-0.15, -0.1) is 0 Å². The zero-order valence-electron chi connectivity index (χ0n) is 17.3. The summed E-state index contributed by atoms with van der Waals surface area (Å²) in [7, 11) is 0. The van der Waals surface area contributed by atoms with Crippen LogP contribution in [0.3, 0.4) is 0 Å². The molecule has 0 radical (unpaired) electrons. The lowest BCUT2D eigenvalue weighted by atomic mass is 10.0. The maximum atomic E-state index is 11.6. The van der Waals surface area contributed by atoms with Gasteiger partial charge in [-0.05, 0) is 31.2 Å². The molecule has 1 heterocycles. The maximum absolute atomic E-state index is 11.6. The van der Waals surface area contributed by atoms with Gasteiger partial charge >= 0.3 is 12.1 Å². The molecule has 0 saturated heterocycles. The van der Waals surface area contributed by atoms with Gasteiger partial charge in [-0.1, -0.05) is 49.7 Å². The van der Waals surface area contributed by atoms with E-state index in [0.29, 0.717) is 29.5 Å². The van der Waals surface area contributed by atoms with Gasteiger partial charge in [0.05, 0.1) is 12.3 Å². The van der Waals surface area contributed by atoms with Gasteiger partial charge in [-0.2, -0.15) is 0 Å². The van der Waals surface area contributed by atoms with E-state index in [1.54, 1.807) is 12.3 Å². The molecule has 0 saturated carbocycles. The number of ether oxygens (including phenoxy) is 1. The molecule has 0 fully saturated rings. The number of carbonyl (C=O) groups is 2. The standard InChI is InChI=1S/C22H27ClN2O5/c1-4-30-18-9-11-24-20(19(18)23)16-7-5-15(6-8-16)10-12-25(22(28)29)17(21(26)27)13-14(2)3/h5-9,11,14,17H,4,10,12-13H2,1-3H3,(H,26,27)(H,28,29). The molecular weight excluding hydrogens is 408 g/mol. The molecule has 2 N–H and O–H groups in total. The van der Waals surface area contributed by atoms with Crippen molar-refractivity contribution >= 4 is 23.7 Å². The number of rotatable bonds is 10. The highest BCUT2D eigenvalue weighted by molar-refractivity contribution is 6.34. The summed E-state index contributed by atoms with van der Waals surface area (Å²) in [4.78, 5) is 28.5. The molecule has 2 rings (SSSR count). The van der Waals surface area contributed by atoms with E-state index in [2.05, 4.69) is 4.98 Å². The van der Waals surface area contributed by atoms with E-state index in [9.17, 15) is 19.8 Å². The van der Waals surface area contributed by atoms with E-state index in [0.717, 1.165) is 16.0 Å². The molecule has 1 atom stereocenters. The van der Waals surface area contributed by atoms with E-state index in [1.165, 1.54) is 0 Å². The number of nitrogens with zero attached hydrogens (tertiary/aromatic N) is 2. The first kappa shape index (κ1) is 23.5. The Hall–Kier alpha value is -2.80. The molecule has 1 aromatic heterocycles. The lowest BCUT2D eigenvalue weighted by Crippen LogP contribution is -2.46. The Balaban J connectivity index is 2.14. The summed E-state index contributed by atoms with van der Waals surface area (Å²) in [5, 5.41) is 19.4. The van der Waals surface area contributed by atoms with Crippen molar-refractivity contribution in [2.24, 2.45) is 5.92 Å². The number of carboxylic acids is 1. The molecule has 0 aliphatic carbocycles. The molecule has 8 heteroatoms. The number of amides is 1. The van der Waals surface area contributed by atoms with Crippen LogP contribution in [0.2, 0.25) is 5.02 Å². The number of aromatic nitrogens is 1. The number of halogens is 1. The number of pyridine rings is 1. The molecule has 0 spiro atoms. The first-order chi connectivity index (χ1) is 14.2. The predicted molar refractivity (Wildman–Crippen MR) is 115 cm³/mol. The number of hydrogen-bond acceptors (Lipinski definition) is 4. The average Bonchev–Trinajstić information content (AvgIpc) is 2.69. The Kier molecular flexibility index (Phi) is 8.47. The predicted octanol–water partition coefficient (Wildman–Crippen LogP) is 4.82. The van der Waals surface area contributed by atoms with Crippen LogP contribution in [0.4, 0.5) is 4.79 Å². The van der Waals surface area contributed by atoms with Crippen LogP contribution in [0.15, 0.2) is 36.5 Å². The highest BCUT2D eigenvalue weighted by Crippen LogP contribution is 2.33. The van der Waals surface area contributed by atoms with Crippen molar-refractivity contribution in [1.29, 1.82) is 0 Å².